The van der Waals surface area contributed by atoms with E-state index in [2.05, 4.69) is 4.98 Å². The van der Waals surface area contributed by atoms with Crippen molar-refractivity contribution in [3.05, 3.63) is 35.8 Å². The lowest BCUT2D eigenvalue weighted by molar-refractivity contribution is 0.426. The van der Waals surface area contributed by atoms with Crippen molar-refractivity contribution in [3.8, 4) is 10.8 Å². The third kappa shape index (κ3) is 2.08. The maximum Gasteiger partial charge on any atom is 0.202 e. The Hall–Kier alpha value is -1.76. The standard InChI is InChI=1S/C9H5F3N2OS/c10-5-1-4(2-6(11)8(5)12)15-7-3-14-9(13)16-7/h1-3H,(H2,13,14). The van der Waals surface area contributed by atoms with Crippen molar-refractivity contribution in [2.45, 2.75) is 0 Å². The van der Waals surface area contributed by atoms with Gasteiger partial charge in [-0.15, -0.1) is 0 Å². The van der Waals surface area contributed by atoms with Gasteiger partial charge in [0, 0.05) is 12.1 Å². The van der Waals surface area contributed by atoms with Gasteiger partial charge < -0.3 is 10.5 Å². The molecule has 3 nitrogen and oxygen atoms in total. The zero-order valence-corrected chi connectivity index (χ0v) is 8.52. The van der Waals surface area contributed by atoms with Crippen LogP contribution in [0.5, 0.6) is 10.8 Å². The summed E-state index contributed by atoms with van der Waals surface area (Å²) in [6.45, 7) is 0. The third-order valence-corrected chi connectivity index (χ3v) is 2.38. The number of thiazole rings is 1. The van der Waals surface area contributed by atoms with Crippen molar-refractivity contribution < 1.29 is 17.9 Å². The Labute approximate surface area is 92.3 Å². The molecule has 0 saturated heterocycles. The molecule has 1 aromatic carbocycles. The summed E-state index contributed by atoms with van der Waals surface area (Å²) in [6, 6.07) is 1.49. The molecule has 0 bridgehead atoms. The average molecular weight is 246 g/mol. The van der Waals surface area contributed by atoms with E-state index < -0.39 is 17.5 Å². The highest BCUT2D eigenvalue weighted by Gasteiger charge is 2.12. The summed E-state index contributed by atoms with van der Waals surface area (Å²) in [5, 5.41) is 0.529. The Morgan fingerprint density at radius 1 is 1.19 bits per heavy atom. The Kier molecular flexibility index (Phi) is 2.69. The summed E-state index contributed by atoms with van der Waals surface area (Å²) < 4.78 is 43.3. The lowest BCUT2D eigenvalue weighted by Crippen LogP contribution is -1.92. The summed E-state index contributed by atoms with van der Waals surface area (Å²) in [4.78, 5) is 3.68. The SMILES string of the molecule is Nc1ncc(Oc2cc(F)c(F)c(F)c2)s1. The molecule has 84 valence electrons. The molecule has 0 spiro atoms. The van der Waals surface area contributed by atoms with Crippen LogP contribution >= 0.6 is 11.3 Å². The van der Waals surface area contributed by atoms with E-state index in [1.807, 2.05) is 0 Å². The van der Waals surface area contributed by atoms with Crippen molar-refractivity contribution >= 4 is 16.5 Å². The number of halogens is 3. The first-order valence-electron chi connectivity index (χ1n) is 4.10. The predicted molar refractivity (Wildman–Crippen MR) is 52.9 cm³/mol. The molecule has 16 heavy (non-hydrogen) atoms. The number of aromatic nitrogens is 1. The van der Waals surface area contributed by atoms with Crippen molar-refractivity contribution in [1.29, 1.82) is 0 Å². The molecule has 0 saturated carbocycles. The van der Waals surface area contributed by atoms with Gasteiger partial charge in [0.1, 0.15) is 5.75 Å². The Morgan fingerprint density at radius 3 is 2.31 bits per heavy atom. The largest absolute Gasteiger partial charge is 0.445 e. The number of rotatable bonds is 2. The molecule has 2 rings (SSSR count). The van der Waals surface area contributed by atoms with Gasteiger partial charge in [-0.05, 0) is 0 Å². The average Bonchev–Trinajstić information content (AvgIpc) is 2.60. The first-order chi connectivity index (χ1) is 7.56. The smallest absolute Gasteiger partial charge is 0.202 e. The number of nitrogens with two attached hydrogens (primary N) is 1. The Morgan fingerprint density at radius 2 is 1.81 bits per heavy atom. The predicted octanol–water partition coefficient (Wildman–Crippen LogP) is 2.93. The van der Waals surface area contributed by atoms with Gasteiger partial charge in [-0.25, -0.2) is 18.2 Å². The van der Waals surface area contributed by atoms with Crippen LogP contribution in [0.2, 0.25) is 0 Å². The fourth-order valence-electron chi connectivity index (χ4n) is 1.03. The van der Waals surface area contributed by atoms with E-state index in [1.54, 1.807) is 0 Å². The molecule has 0 radical (unpaired) electrons. The van der Waals surface area contributed by atoms with Crippen LogP contribution in [0.4, 0.5) is 18.3 Å². The number of nitrogens with zero attached hydrogens (tertiary/aromatic N) is 1. The lowest BCUT2D eigenvalue weighted by atomic mass is 10.3. The molecule has 1 aromatic heterocycles. The minimum atomic E-state index is -1.53. The highest BCUT2D eigenvalue weighted by Crippen LogP contribution is 2.30. The summed E-state index contributed by atoms with van der Waals surface area (Å²) in [5.74, 6) is -4.31. The van der Waals surface area contributed by atoms with Crippen LogP contribution in [0.25, 0.3) is 0 Å². The van der Waals surface area contributed by atoms with Gasteiger partial charge in [-0.1, -0.05) is 11.3 Å². The quantitative estimate of drug-likeness (QED) is 0.829. The van der Waals surface area contributed by atoms with E-state index in [9.17, 15) is 13.2 Å². The molecular formula is C9H5F3N2OS. The summed E-state index contributed by atoms with van der Waals surface area (Å²) in [5.41, 5.74) is 5.34. The fourth-order valence-corrected chi connectivity index (χ4v) is 1.58. The van der Waals surface area contributed by atoms with E-state index >= 15 is 0 Å². The highest BCUT2D eigenvalue weighted by molar-refractivity contribution is 7.17. The number of ether oxygens (including phenoxy) is 1. The zero-order valence-electron chi connectivity index (χ0n) is 7.71. The van der Waals surface area contributed by atoms with Gasteiger partial charge in [0.2, 0.25) is 5.06 Å². The summed E-state index contributed by atoms with van der Waals surface area (Å²) >= 11 is 1.00. The molecular weight excluding hydrogens is 241 g/mol. The molecule has 0 aliphatic rings. The van der Waals surface area contributed by atoms with Gasteiger partial charge in [-0.3, -0.25) is 0 Å². The first kappa shape index (κ1) is 10.7. The van der Waals surface area contributed by atoms with Gasteiger partial charge in [0.25, 0.3) is 0 Å². The molecule has 0 aliphatic carbocycles. The minimum absolute atomic E-state index is 0.153. The third-order valence-electron chi connectivity index (χ3n) is 1.68. The maximum atomic E-state index is 12.8. The van der Waals surface area contributed by atoms with E-state index in [4.69, 9.17) is 10.5 Å². The van der Waals surface area contributed by atoms with E-state index in [-0.39, 0.29) is 15.9 Å². The van der Waals surface area contributed by atoms with Crippen molar-refractivity contribution in [1.82, 2.24) is 4.98 Å². The van der Waals surface area contributed by atoms with Gasteiger partial charge in [0.05, 0.1) is 6.20 Å². The number of nitrogen functional groups attached to an aromatic ring is 1. The zero-order chi connectivity index (χ0) is 11.7. The van der Waals surface area contributed by atoms with Gasteiger partial charge in [-0.2, -0.15) is 0 Å². The van der Waals surface area contributed by atoms with E-state index in [0.29, 0.717) is 0 Å². The monoisotopic (exact) mass is 246 g/mol. The normalized spacial score (nSPS) is 10.4. The van der Waals surface area contributed by atoms with Crippen LogP contribution in [0.3, 0.4) is 0 Å². The highest BCUT2D eigenvalue weighted by atomic mass is 32.1. The fraction of sp³-hybridized carbons (Fsp3) is 0. The van der Waals surface area contributed by atoms with Gasteiger partial charge >= 0.3 is 0 Å². The van der Waals surface area contributed by atoms with E-state index in [1.165, 1.54) is 6.20 Å². The number of hydrogen-bond acceptors (Lipinski definition) is 4. The van der Waals surface area contributed by atoms with Crippen LogP contribution in [-0.2, 0) is 0 Å². The molecule has 2 N–H and O–H groups in total. The molecule has 0 unspecified atom stereocenters. The first-order valence-corrected chi connectivity index (χ1v) is 4.91. The molecule has 0 atom stereocenters. The molecule has 2 aromatic rings. The maximum absolute atomic E-state index is 12.8. The second-order valence-corrected chi connectivity index (χ2v) is 3.85. The lowest BCUT2D eigenvalue weighted by Gasteiger charge is -2.03. The molecule has 7 heteroatoms. The molecule has 0 fully saturated rings. The number of hydrogen-bond donors (Lipinski definition) is 1. The summed E-state index contributed by atoms with van der Waals surface area (Å²) in [6.07, 6.45) is 1.30. The summed E-state index contributed by atoms with van der Waals surface area (Å²) in [7, 11) is 0. The van der Waals surface area contributed by atoms with Crippen LogP contribution in [0, 0.1) is 17.5 Å². The number of anilines is 1. The Bertz CT molecular complexity index is 506. The van der Waals surface area contributed by atoms with E-state index in [0.717, 1.165) is 23.5 Å². The topological polar surface area (TPSA) is 48.1 Å². The van der Waals surface area contributed by atoms with Crippen molar-refractivity contribution in [2.24, 2.45) is 0 Å². The molecule has 0 amide bonds. The van der Waals surface area contributed by atoms with Gasteiger partial charge in [0.15, 0.2) is 22.6 Å². The van der Waals surface area contributed by atoms with Crippen LogP contribution in [0.1, 0.15) is 0 Å². The van der Waals surface area contributed by atoms with Crippen LogP contribution in [0.15, 0.2) is 18.3 Å². The molecule has 0 aliphatic heterocycles. The van der Waals surface area contributed by atoms with Crippen LogP contribution in [-0.4, -0.2) is 4.98 Å². The second kappa shape index (κ2) is 4.01. The minimum Gasteiger partial charge on any atom is -0.445 e. The number of benzene rings is 1. The van der Waals surface area contributed by atoms with Crippen molar-refractivity contribution in [3.63, 3.8) is 0 Å². The van der Waals surface area contributed by atoms with Crippen LogP contribution < -0.4 is 10.5 Å². The Balaban J connectivity index is 2.28. The van der Waals surface area contributed by atoms with Crippen molar-refractivity contribution in [2.75, 3.05) is 5.73 Å². The second-order valence-electron chi connectivity index (χ2n) is 2.82. The molecule has 1 heterocycles.